The molecule has 0 bridgehead atoms. The SMILES string of the molecule is Cc1ccnc(Sc2ccc(C#N)cc2Cl)n1. The molecule has 84 valence electrons. The summed E-state index contributed by atoms with van der Waals surface area (Å²) in [5, 5.41) is 9.93. The topological polar surface area (TPSA) is 49.6 Å². The highest BCUT2D eigenvalue weighted by atomic mass is 35.5. The van der Waals surface area contributed by atoms with Gasteiger partial charge < -0.3 is 0 Å². The van der Waals surface area contributed by atoms with Crippen molar-refractivity contribution in [3.63, 3.8) is 0 Å². The smallest absolute Gasteiger partial charge is 0.192 e. The summed E-state index contributed by atoms with van der Waals surface area (Å²) in [6.07, 6.45) is 1.71. The molecule has 0 spiro atoms. The summed E-state index contributed by atoms with van der Waals surface area (Å²) in [4.78, 5) is 9.27. The Morgan fingerprint density at radius 3 is 2.82 bits per heavy atom. The Hall–Kier alpha value is -1.57. The standard InChI is InChI=1S/C12H8ClN3S/c1-8-4-5-15-12(16-8)17-11-3-2-9(7-14)6-10(11)13/h2-6H,1H3. The lowest BCUT2D eigenvalue weighted by Crippen LogP contribution is -1.88. The van der Waals surface area contributed by atoms with Crippen molar-refractivity contribution in [3.05, 3.63) is 46.7 Å². The molecule has 0 saturated carbocycles. The largest absolute Gasteiger partial charge is 0.231 e. The summed E-state index contributed by atoms with van der Waals surface area (Å²) < 4.78 is 0. The summed E-state index contributed by atoms with van der Waals surface area (Å²) in [6, 6.07) is 9.05. The van der Waals surface area contributed by atoms with Crippen molar-refractivity contribution >= 4 is 23.4 Å². The molecular formula is C12H8ClN3S. The van der Waals surface area contributed by atoms with Crippen LogP contribution in [0.15, 0.2) is 40.5 Å². The molecule has 0 unspecified atom stereocenters. The number of halogens is 1. The van der Waals surface area contributed by atoms with Gasteiger partial charge in [0.25, 0.3) is 0 Å². The normalized spacial score (nSPS) is 9.94. The number of aryl methyl sites for hydroxylation is 1. The van der Waals surface area contributed by atoms with Gasteiger partial charge in [-0.15, -0.1) is 0 Å². The van der Waals surface area contributed by atoms with Crippen LogP contribution in [0.3, 0.4) is 0 Å². The second kappa shape index (κ2) is 5.17. The summed E-state index contributed by atoms with van der Waals surface area (Å²) >= 11 is 7.45. The first-order valence-corrected chi connectivity index (χ1v) is 6.05. The van der Waals surface area contributed by atoms with E-state index in [1.807, 2.05) is 19.1 Å². The molecule has 0 aliphatic rings. The maximum absolute atomic E-state index is 8.74. The second-order valence-electron chi connectivity index (χ2n) is 3.34. The van der Waals surface area contributed by atoms with Gasteiger partial charge in [-0.3, -0.25) is 0 Å². The molecule has 0 atom stereocenters. The third kappa shape index (κ3) is 2.96. The van der Waals surface area contributed by atoms with Crippen molar-refractivity contribution in [1.29, 1.82) is 5.26 Å². The van der Waals surface area contributed by atoms with Crippen LogP contribution in [0.4, 0.5) is 0 Å². The molecule has 3 nitrogen and oxygen atoms in total. The van der Waals surface area contributed by atoms with Crippen LogP contribution in [0.2, 0.25) is 5.02 Å². The third-order valence-electron chi connectivity index (χ3n) is 2.03. The number of aromatic nitrogens is 2. The highest BCUT2D eigenvalue weighted by Crippen LogP contribution is 2.31. The first kappa shape index (κ1) is 11.9. The van der Waals surface area contributed by atoms with Crippen molar-refractivity contribution in [2.75, 3.05) is 0 Å². The Morgan fingerprint density at radius 2 is 2.18 bits per heavy atom. The zero-order valence-corrected chi connectivity index (χ0v) is 10.6. The maximum atomic E-state index is 8.74. The molecule has 2 aromatic rings. The number of benzene rings is 1. The van der Waals surface area contributed by atoms with E-state index >= 15 is 0 Å². The molecule has 1 aromatic carbocycles. The molecule has 0 amide bonds. The minimum atomic E-state index is 0.541. The highest BCUT2D eigenvalue weighted by Gasteiger charge is 2.06. The fraction of sp³-hybridized carbons (Fsp3) is 0.0833. The van der Waals surface area contributed by atoms with Crippen molar-refractivity contribution in [3.8, 4) is 6.07 Å². The molecule has 1 heterocycles. The van der Waals surface area contributed by atoms with Gasteiger partial charge in [-0.1, -0.05) is 11.6 Å². The van der Waals surface area contributed by atoms with Crippen LogP contribution in [0, 0.1) is 18.3 Å². The van der Waals surface area contributed by atoms with Crippen LogP contribution in [0.25, 0.3) is 0 Å². The lowest BCUT2D eigenvalue weighted by Gasteiger charge is -2.03. The van der Waals surface area contributed by atoms with E-state index in [0.29, 0.717) is 15.7 Å². The monoisotopic (exact) mass is 261 g/mol. The average Bonchev–Trinajstić information content (AvgIpc) is 2.32. The molecule has 17 heavy (non-hydrogen) atoms. The van der Waals surface area contributed by atoms with E-state index in [9.17, 15) is 0 Å². The van der Waals surface area contributed by atoms with E-state index in [-0.39, 0.29) is 0 Å². The number of hydrogen-bond donors (Lipinski definition) is 0. The van der Waals surface area contributed by atoms with Gasteiger partial charge in [-0.25, -0.2) is 9.97 Å². The third-order valence-corrected chi connectivity index (χ3v) is 3.41. The van der Waals surface area contributed by atoms with Crippen molar-refractivity contribution in [1.82, 2.24) is 9.97 Å². The van der Waals surface area contributed by atoms with Crippen molar-refractivity contribution < 1.29 is 0 Å². The van der Waals surface area contributed by atoms with Gasteiger partial charge in [-0.05, 0) is 43.0 Å². The molecule has 0 N–H and O–H groups in total. The Morgan fingerprint density at radius 1 is 1.35 bits per heavy atom. The van der Waals surface area contributed by atoms with E-state index in [1.54, 1.807) is 24.4 Å². The van der Waals surface area contributed by atoms with Crippen LogP contribution in [0.1, 0.15) is 11.3 Å². The highest BCUT2D eigenvalue weighted by molar-refractivity contribution is 7.99. The van der Waals surface area contributed by atoms with Gasteiger partial charge in [-0.2, -0.15) is 5.26 Å². The van der Waals surface area contributed by atoms with E-state index in [2.05, 4.69) is 9.97 Å². The molecule has 0 aliphatic carbocycles. The average molecular weight is 262 g/mol. The predicted octanol–water partition coefficient (Wildman–Crippen LogP) is 3.46. The van der Waals surface area contributed by atoms with Crippen LogP contribution in [0.5, 0.6) is 0 Å². The Bertz CT molecular complexity index is 593. The van der Waals surface area contributed by atoms with E-state index in [0.717, 1.165) is 10.6 Å². The van der Waals surface area contributed by atoms with Crippen molar-refractivity contribution in [2.45, 2.75) is 17.0 Å². The molecule has 2 rings (SSSR count). The molecule has 0 radical (unpaired) electrons. The predicted molar refractivity (Wildman–Crippen MR) is 67.1 cm³/mol. The summed E-state index contributed by atoms with van der Waals surface area (Å²) in [7, 11) is 0. The molecular weight excluding hydrogens is 254 g/mol. The number of rotatable bonds is 2. The van der Waals surface area contributed by atoms with Crippen molar-refractivity contribution in [2.24, 2.45) is 0 Å². The molecule has 0 aliphatic heterocycles. The first-order valence-electron chi connectivity index (χ1n) is 4.86. The maximum Gasteiger partial charge on any atom is 0.192 e. The van der Waals surface area contributed by atoms with Gasteiger partial charge in [0.05, 0.1) is 16.7 Å². The number of nitrogens with zero attached hydrogens (tertiary/aromatic N) is 3. The van der Waals surface area contributed by atoms with Crippen LogP contribution in [-0.4, -0.2) is 9.97 Å². The van der Waals surface area contributed by atoms with E-state index < -0.39 is 0 Å². The van der Waals surface area contributed by atoms with Crippen LogP contribution in [-0.2, 0) is 0 Å². The quantitative estimate of drug-likeness (QED) is 0.777. The fourth-order valence-electron chi connectivity index (χ4n) is 1.23. The first-order chi connectivity index (χ1) is 8.19. The Labute approximate surface area is 108 Å². The van der Waals surface area contributed by atoms with Gasteiger partial charge in [0.15, 0.2) is 5.16 Å². The minimum Gasteiger partial charge on any atom is -0.231 e. The van der Waals surface area contributed by atoms with E-state index in [4.69, 9.17) is 16.9 Å². The molecule has 5 heteroatoms. The number of nitriles is 1. The summed E-state index contributed by atoms with van der Waals surface area (Å²) in [5.74, 6) is 0. The lowest BCUT2D eigenvalue weighted by molar-refractivity contribution is 0.932. The van der Waals surface area contributed by atoms with E-state index in [1.165, 1.54) is 11.8 Å². The Kier molecular flexibility index (Phi) is 3.62. The van der Waals surface area contributed by atoms with Gasteiger partial charge in [0.1, 0.15) is 0 Å². The molecule has 1 aromatic heterocycles. The lowest BCUT2D eigenvalue weighted by atomic mass is 10.2. The van der Waals surface area contributed by atoms with Crippen LogP contribution < -0.4 is 0 Å². The zero-order chi connectivity index (χ0) is 12.3. The zero-order valence-electron chi connectivity index (χ0n) is 9.01. The summed E-state index contributed by atoms with van der Waals surface area (Å²) in [6.45, 7) is 1.91. The molecule has 0 fully saturated rings. The second-order valence-corrected chi connectivity index (χ2v) is 4.76. The minimum absolute atomic E-state index is 0.541. The molecule has 0 saturated heterocycles. The fourth-order valence-corrected chi connectivity index (χ4v) is 2.32. The van der Waals surface area contributed by atoms with Gasteiger partial charge in [0.2, 0.25) is 0 Å². The summed E-state index contributed by atoms with van der Waals surface area (Å²) in [5.41, 5.74) is 1.46. The number of hydrogen-bond acceptors (Lipinski definition) is 4. The van der Waals surface area contributed by atoms with Gasteiger partial charge >= 0.3 is 0 Å². The van der Waals surface area contributed by atoms with Gasteiger partial charge in [0, 0.05) is 16.8 Å². The van der Waals surface area contributed by atoms with Crippen LogP contribution >= 0.6 is 23.4 Å². The Balaban J connectivity index is 2.28.